The van der Waals surface area contributed by atoms with Crippen LogP contribution in [0.1, 0.15) is 13.8 Å². The van der Waals surface area contributed by atoms with Crippen molar-refractivity contribution in [1.82, 2.24) is 0 Å². The highest BCUT2D eigenvalue weighted by Gasteiger charge is 2.18. The van der Waals surface area contributed by atoms with Crippen LogP contribution in [-0.4, -0.2) is 38.3 Å². The first-order valence-electron chi connectivity index (χ1n) is 8.52. The van der Waals surface area contributed by atoms with E-state index in [9.17, 15) is 9.59 Å². The number of carbonyl (C=O) groups is 2. The van der Waals surface area contributed by atoms with E-state index in [1.807, 2.05) is 6.92 Å². The molecule has 2 aromatic carbocycles. The predicted molar refractivity (Wildman–Crippen MR) is 100 cm³/mol. The molecule has 1 unspecified atom stereocenters. The normalized spacial score (nSPS) is 11.2. The zero-order chi connectivity index (χ0) is 19.6. The van der Waals surface area contributed by atoms with Crippen molar-refractivity contribution >= 4 is 17.6 Å². The molecule has 1 N–H and O–H groups in total. The Bertz CT molecular complexity index is 759. The molecule has 0 saturated heterocycles. The van der Waals surface area contributed by atoms with Crippen molar-refractivity contribution in [2.24, 2.45) is 0 Å². The molecule has 27 heavy (non-hydrogen) atoms. The predicted octanol–water partition coefficient (Wildman–Crippen LogP) is 3.04. The van der Waals surface area contributed by atoms with E-state index in [0.717, 1.165) is 0 Å². The lowest BCUT2D eigenvalue weighted by Gasteiger charge is -2.15. The van der Waals surface area contributed by atoms with Gasteiger partial charge in [-0.15, -0.1) is 0 Å². The number of para-hydroxylation sites is 2. The Hall–Kier alpha value is -3.22. The van der Waals surface area contributed by atoms with Crippen LogP contribution in [0.4, 0.5) is 5.69 Å². The topological polar surface area (TPSA) is 83.1 Å². The van der Waals surface area contributed by atoms with Gasteiger partial charge in [-0.1, -0.05) is 12.1 Å². The van der Waals surface area contributed by atoms with Crippen molar-refractivity contribution in [2.45, 2.75) is 20.0 Å². The van der Waals surface area contributed by atoms with E-state index < -0.39 is 24.6 Å². The van der Waals surface area contributed by atoms with Crippen LogP contribution in [0.15, 0.2) is 48.5 Å². The van der Waals surface area contributed by atoms with Gasteiger partial charge in [-0.3, -0.25) is 4.79 Å². The molecule has 7 nitrogen and oxygen atoms in total. The van der Waals surface area contributed by atoms with Gasteiger partial charge in [0.05, 0.1) is 19.4 Å². The smallest absolute Gasteiger partial charge is 0.347 e. The molecule has 2 rings (SSSR count). The maximum atomic E-state index is 12.0. The van der Waals surface area contributed by atoms with Crippen molar-refractivity contribution < 1.29 is 28.5 Å². The van der Waals surface area contributed by atoms with Gasteiger partial charge >= 0.3 is 5.97 Å². The van der Waals surface area contributed by atoms with Crippen LogP contribution >= 0.6 is 0 Å². The maximum absolute atomic E-state index is 12.0. The van der Waals surface area contributed by atoms with Gasteiger partial charge < -0.3 is 24.3 Å². The lowest BCUT2D eigenvalue weighted by Crippen LogP contribution is -2.29. The summed E-state index contributed by atoms with van der Waals surface area (Å²) in [7, 11) is 1.56. The summed E-state index contributed by atoms with van der Waals surface area (Å²) in [5, 5.41) is 2.66. The first-order valence-corrected chi connectivity index (χ1v) is 8.52. The molecule has 7 heteroatoms. The minimum Gasteiger partial charge on any atom is -0.497 e. The van der Waals surface area contributed by atoms with E-state index in [1.54, 1.807) is 62.6 Å². The molecule has 0 fully saturated rings. The van der Waals surface area contributed by atoms with E-state index in [1.165, 1.54) is 0 Å². The van der Waals surface area contributed by atoms with E-state index in [2.05, 4.69) is 5.32 Å². The number of hydrogen-bond donors (Lipinski definition) is 1. The quantitative estimate of drug-likeness (QED) is 0.680. The Morgan fingerprint density at radius 3 is 2.37 bits per heavy atom. The highest BCUT2D eigenvalue weighted by molar-refractivity contribution is 5.94. The van der Waals surface area contributed by atoms with Crippen molar-refractivity contribution in [3.05, 3.63) is 48.5 Å². The summed E-state index contributed by atoms with van der Waals surface area (Å²) in [6.07, 6.45) is -0.859. The third-order valence-electron chi connectivity index (χ3n) is 3.51. The van der Waals surface area contributed by atoms with Gasteiger partial charge in [0.25, 0.3) is 5.91 Å². The monoisotopic (exact) mass is 373 g/mol. The molecule has 1 atom stereocenters. The number of ether oxygens (including phenoxy) is 4. The SMILES string of the molecule is CCOc1ccccc1NC(=O)COC(=O)C(C)Oc1ccc(OC)cc1. The lowest BCUT2D eigenvalue weighted by molar-refractivity contribution is -0.153. The van der Waals surface area contributed by atoms with Crippen molar-refractivity contribution in [3.63, 3.8) is 0 Å². The average molecular weight is 373 g/mol. The molecular weight excluding hydrogens is 350 g/mol. The fourth-order valence-corrected chi connectivity index (χ4v) is 2.20. The number of amides is 1. The van der Waals surface area contributed by atoms with Gasteiger partial charge in [0.1, 0.15) is 17.2 Å². The molecule has 0 aliphatic carbocycles. The van der Waals surface area contributed by atoms with Gasteiger partial charge in [0.15, 0.2) is 12.7 Å². The number of methoxy groups -OCH3 is 1. The van der Waals surface area contributed by atoms with E-state index in [4.69, 9.17) is 18.9 Å². The molecule has 144 valence electrons. The second kappa shape index (κ2) is 10.1. The summed E-state index contributed by atoms with van der Waals surface area (Å²) in [6, 6.07) is 13.8. The van der Waals surface area contributed by atoms with Crippen LogP contribution < -0.4 is 19.5 Å². The largest absolute Gasteiger partial charge is 0.497 e. The van der Waals surface area contributed by atoms with E-state index in [0.29, 0.717) is 29.5 Å². The number of rotatable bonds is 9. The Morgan fingerprint density at radius 2 is 1.70 bits per heavy atom. The van der Waals surface area contributed by atoms with Gasteiger partial charge in [0, 0.05) is 0 Å². The highest BCUT2D eigenvalue weighted by atomic mass is 16.6. The molecule has 0 spiro atoms. The molecule has 2 aromatic rings. The van der Waals surface area contributed by atoms with Gasteiger partial charge in [-0.05, 0) is 50.2 Å². The zero-order valence-electron chi connectivity index (χ0n) is 15.6. The summed E-state index contributed by atoms with van der Waals surface area (Å²) in [4.78, 5) is 24.0. The summed E-state index contributed by atoms with van der Waals surface area (Å²) < 4.78 is 21.0. The van der Waals surface area contributed by atoms with Crippen LogP contribution in [0.5, 0.6) is 17.2 Å². The van der Waals surface area contributed by atoms with E-state index >= 15 is 0 Å². The van der Waals surface area contributed by atoms with Gasteiger partial charge in [-0.25, -0.2) is 4.79 Å². The molecule has 0 aliphatic rings. The third-order valence-corrected chi connectivity index (χ3v) is 3.51. The number of hydrogen-bond acceptors (Lipinski definition) is 6. The second-order valence-electron chi connectivity index (χ2n) is 5.52. The van der Waals surface area contributed by atoms with Crippen molar-refractivity contribution in [1.29, 1.82) is 0 Å². The minimum absolute atomic E-state index is 0.421. The summed E-state index contributed by atoms with van der Waals surface area (Å²) in [5.74, 6) is 0.624. The Kier molecular flexibility index (Phi) is 7.49. The average Bonchev–Trinajstić information content (AvgIpc) is 2.68. The molecule has 0 heterocycles. The van der Waals surface area contributed by atoms with E-state index in [-0.39, 0.29) is 0 Å². The lowest BCUT2D eigenvalue weighted by atomic mass is 10.3. The highest BCUT2D eigenvalue weighted by Crippen LogP contribution is 2.23. The van der Waals surface area contributed by atoms with Gasteiger partial charge in [-0.2, -0.15) is 0 Å². The van der Waals surface area contributed by atoms with Crippen LogP contribution in [0.3, 0.4) is 0 Å². The fraction of sp³-hybridized carbons (Fsp3) is 0.300. The molecule has 0 aliphatic heterocycles. The third kappa shape index (κ3) is 6.22. The number of nitrogens with one attached hydrogen (secondary N) is 1. The fourth-order valence-electron chi connectivity index (χ4n) is 2.20. The molecule has 0 bridgehead atoms. The standard InChI is InChI=1S/C20H23NO6/c1-4-25-18-8-6-5-7-17(18)21-19(22)13-26-20(23)14(2)27-16-11-9-15(24-3)10-12-16/h5-12,14H,4,13H2,1-3H3,(H,21,22). The summed E-state index contributed by atoms with van der Waals surface area (Å²) >= 11 is 0. The number of carbonyl (C=O) groups excluding carboxylic acids is 2. The first kappa shape index (κ1) is 20.1. The van der Waals surface area contributed by atoms with Crippen LogP contribution in [0.2, 0.25) is 0 Å². The van der Waals surface area contributed by atoms with Crippen molar-refractivity contribution in [2.75, 3.05) is 25.6 Å². The summed E-state index contributed by atoms with van der Waals surface area (Å²) in [6.45, 7) is 3.46. The Morgan fingerprint density at radius 1 is 1.04 bits per heavy atom. The first-order chi connectivity index (χ1) is 13.0. The molecular formula is C20H23NO6. The number of anilines is 1. The minimum atomic E-state index is -0.859. The van der Waals surface area contributed by atoms with Crippen molar-refractivity contribution in [3.8, 4) is 17.2 Å². The molecule has 0 aromatic heterocycles. The van der Waals surface area contributed by atoms with Crippen LogP contribution in [-0.2, 0) is 14.3 Å². The second-order valence-corrected chi connectivity index (χ2v) is 5.52. The summed E-state index contributed by atoms with van der Waals surface area (Å²) in [5.41, 5.74) is 0.517. The Labute approximate surface area is 158 Å². The van der Waals surface area contributed by atoms with Crippen LogP contribution in [0.25, 0.3) is 0 Å². The number of esters is 1. The van der Waals surface area contributed by atoms with Gasteiger partial charge in [0.2, 0.25) is 0 Å². The molecule has 0 radical (unpaired) electrons. The molecule has 0 saturated carbocycles. The zero-order valence-corrected chi connectivity index (χ0v) is 15.6. The number of benzene rings is 2. The van der Waals surface area contributed by atoms with Crippen LogP contribution in [0, 0.1) is 0 Å². The Balaban J connectivity index is 1.82. The maximum Gasteiger partial charge on any atom is 0.347 e. The molecule has 1 amide bonds.